The first-order valence-corrected chi connectivity index (χ1v) is 6.82. The largest absolute Gasteiger partial charge is 0.489 e. The van der Waals surface area contributed by atoms with Crippen LogP contribution in [0, 0.1) is 18.3 Å². The average Bonchev–Trinajstić information content (AvgIpc) is 2.53. The summed E-state index contributed by atoms with van der Waals surface area (Å²) in [6.07, 6.45) is 0. The van der Waals surface area contributed by atoms with Gasteiger partial charge in [0.05, 0.1) is 11.6 Å². The van der Waals surface area contributed by atoms with Gasteiger partial charge in [-0.3, -0.25) is 0 Å². The minimum Gasteiger partial charge on any atom is -0.489 e. The van der Waals surface area contributed by atoms with Crippen LogP contribution in [0.4, 0.5) is 0 Å². The third kappa shape index (κ3) is 2.84. The van der Waals surface area contributed by atoms with E-state index in [-0.39, 0.29) is 5.63 Å². The summed E-state index contributed by atoms with van der Waals surface area (Å²) in [6.45, 7) is 2.25. The molecule has 0 fully saturated rings. The molecule has 0 bridgehead atoms. The van der Waals surface area contributed by atoms with Crippen molar-refractivity contribution in [1.82, 2.24) is 0 Å². The standard InChI is InChI=1S/C18H13NO3/c1-12-8-18(20)22-17-9-15(6-7-16(12)17)21-11-14-4-2-13(10-19)3-5-14/h2-9H,11H2,1H3. The summed E-state index contributed by atoms with van der Waals surface area (Å²) in [6, 6.07) is 16.2. The number of fused-ring (bicyclic) bond motifs is 1. The van der Waals surface area contributed by atoms with E-state index in [2.05, 4.69) is 6.07 Å². The first kappa shape index (κ1) is 13.9. The smallest absolute Gasteiger partial charge is 0.336 e. The molecule has 108 valence electrons. The zero-order chi connectivity index (χ0) is 15.5. The van der Waals surface area contributed by atoms with Crippen LogP contribution >= 0.6 is 0 Å². The van der Waals surface area contributed by atoms with Crippen LogP contribution in [0.3, 0.4) is 0 Å². The maximum atomic E-state index is 11.4. The van der Waals surface area contributed by atoms with Gasteiger partial charge in [0.15, 0.2) is 0 Å². The highest BCUT2D eigenvalue weighted by Gasteiger charge is 2.04. The van der Waals surface area contributed by atoms with Crippen LogP contribution in [0.15, 0.2) is 57.7 Å². The zero-order valence-corrected chi connectivity index (χ0v) is 12.0. The lowest BCUT2D eigenvalue weighted by molar-refractivity contribution is 0.306. The van der Waals surface area contributed by atoms with Gasteiger partial charge in [-0.25, -0.2) is 4.79 Å². The van der Waals surface area contributed by atoms with Crippen molar-refractivity contribution in [2.24, 2.45) is 0 Å². The summed E-state index contributed by atoms with van der Waals surface area (Å²) in [5.74, 6) is 0.630. The molecular formula is C18H13NO3. The lowest BCUT2D eigenvalue weighted by Crippen LogP contribution is -1.99. The topological polar surface area (TPSA) is 63.2 Å². The maximum Gasteiger partial charge on any atom is 0.336 e. The zero-order valence-electron chi connectivity index (χ0n) is 12.0. The Morgan fingerprint density at radius 1 is 1.14 bits per heavy atom. The van der Waals surface area contributed by atoms with Crippen molar-refractivity contribution >= 4 is 11.0 Å². The number of ether oxygens (including phenoxy) is 1. The van der Waals surface area contributed by atoms with E-state index in [1.165, 1.54) is 6.07 Å². The number of rotatable bonds is 3. The van der Waals surface area contributed by atoms with Gasteiger partial charge in [-0.05, 0) is 42.3 Å². The Labute approximate surface area is 127 Å². The van der Waals surface area contributed by atoms with Crippen molar-refractivity contribution in [2.75, 3.05) is 0 Å². The maximum absolute atomic E-state index is 11.4. The van der Waals surface area contributed by atoms with E-state index in [0.717, 1.165) is 16.5 Å². The molecule has 0 aliphatic heterocycles. The first-order valence-electron chi connectivity index (χ1n) is 6.82. The molecule has 0 radical (unpaired) electrons. The highest BCUT2D eigenvalue weighted by molar-refractivity contribution is 5.81. The van der Waals surface area contributed by atoms with E-state index >= 15 is 0 Å². The van der Waals surface area contributed by atoms with E-state index in [1.807, 2.05) is 31.2 Å². The summed E-state index contributed by atoms with van der Waals surface area (Å²) >= 11 is 0. The molecular weight excluding hydrogens is 278 g/mol. The number of aryl methyl sites for hydroxylation is 1. The summed E-state index contributed by atoms with van der Waals surface area (Å²) in [4.78, 5) is 11.4. The molecule has 3 aromatic rings. The number of benzene rings is 2. The Hall–Kier alpha value is -3.06. The molecule has 0 amide bonds. The molecule has 1 aromatic heterocycles. The molecule has 4 heteroatoms. The second-order valence-electron chi connectivity index (χ2n) is 5.00. The van der Waals surface area contributed by atoms with E-state index in [9.17, 15) is 4.79 Å². The molecule has 22 heavy (non-hydrogen) atoms. The molecule has 0 saturated heterocycles. The van der Waals surface area contributed by atoms with E-state index in [4.69, 9.17) is 14.4 Å². The van der Waals surface area contributed by atoms with Gasteiger partial charge >= 0.3 is 5.63 Å². The molecule has 3 rings (SSSR count). The highest BCUT2D eigenvalue weighted by Crippen LogP contribution is 2.22. The molecule has 0 N–H and O–H groups in total. The summed E-state index contributed by atoms with van der Waals surface area (Å²) in [5.41, 5.74) is 2.61. The van der Waals surface area contributed by atoms with Crippen molar-refractivity contribution in [1.29, 1.82) is 5.26 Å². The predicted octanol–water partition coefficient (Wildman–Crippen LogP) is 3.55. The Bertz CT molecular complexity index is 918. The Kier molecular flexibility index (Phi) is 3.63. The van der Waals surface area contributed by atoms with Crippen LogP contribution in [0.1, 0.15) is 16.7 Å². The lowest BCUT2D eigenvalue weighted by atomic mass is 10.1. The Morgan fingerprint density at radius 2 is 1.91 bits per heavy atom. The highest BCUT2D eigenvalue weighted by atomic mass is 16.5. The van der Waals surface area contributed by atoms with E-state index < -0.39 is 0 Å². The van der Waals surface area contributed by atoms with Gasteiger partial charge in [-0.2, -0.15) is 5.26 Å². The number of hydrogen-bond donors (Lipinski definition) is 0. The second-order valence-corrected chi connectivity index (χ2v) is 5.00. The van der Waals surface area contributed by atoms with Gasteiger partial charge in [0.2, 0.25) is 0 Å². The third-order valence-electron chi connectivity index (χ3n) is 3.41. The number of hydrogen-bond acceptors (Lipinski definition) is 4. The lowest BCUT2D eigenvalue weighted by Gasteiger charge is -2.07. The Morgan fingerprint density at radius 3 is 2.64 bits per heavy atom. The van der Waals surface area contributed by atoms with Gasteiger partial charge in [0.25, 0.3) is 0 Å². The normalized spacial score (nSPS) is 10.4. The molecule has 0 atom stereocenters. The fraction of sp³-hybridized carbons (Fsp3) is 0.111. The molecule has 0 unspecified atom stereocenters. The molecule has 4 nitrogen and oxygen atoms in total. The van der Waals surface area contributed by atoms with Gasteiger partial charge in [0.1, 0.15) is 17.9 Å². The van der Waals surface area contributed by atoms with Crippen LogP contribution in [0.25, 0.3) is 11.0 Å². The fourth-order valence-electron chi connectivity index (χ4n) is 2.24. The first-order chi connectivity index (χ1) is 10.7. The third-order valence-corrected chi connectivity index (χ3v) is 3.41. The quantitative estimate of drug-likeness (QED) is 0.692. The molecule has 0 saturated carbocycles. The molecule has 0 aliphatic carbocycles. The van der Waals surface area contributed by atoms with Crippen LogP contribution in [0.5, 0.6) is 5.75 Å². The van der Waals surface area contributed by atoms with Gasteiger partial charge in [-0.15, -0.1) is 0 Å². The van der Waals surface area contributed by atoms with Gasteiger partial charge in [0, 0.05) is 17.5 Å². The summed E-state index contributed by atoms with van der Waals surface area (Å²) < 4.78 is 10.9. The van der Waals surface area contributed by atoms with Crippen LogP contribution in [-0.2, 0) is 6.61 Å². The molecule has 2 aromatic carbocycles. The van der Waals surface area contributed by atoms with Crippen molar-refractivity contribution < 1.29 is 9.15 Å². The second kappa shape index (κ2) is 5.74. The van der Waals surface area contributed by atoms with Gasteiger partial charge < -0.3 is 9.15 Å². The molecule has 0 spiro atoms. The molecule has 0 aliphatic rings. The van der Waals surface area contributed by atoms with Crippen molar-refractivity contribution in [3.8, 4) is 11.8 Å². The van der Waals surface area contributed by atoms with Crippen LogP contribution in [0.2, 0.25) is 0 Å². The van der Waals surface area contributed by atoms with Crippen molar-refractivity contribution in [3.05, 3.63) is 75.6 Å². The number of nitriles is 1. The number of nitrogens with zero attached hydrogens (tertiary/aromatic N) is 1. The van der Waals surface area contributed by atoms with E-state index in [0.29, 0.717) is 23.5 Å². The summed E-state index contributed by atoms with van der Waals surface area (Å²) in [7, 11) is 0. The van der Waals surface area contributed by atoms with Crippen molar-refractivity contribution in [2.45, 2.75) is 13.5 Å². The van der Waals surface area contributed by atoms with Crippen molar-refractivity contribution in [3.63, 3.8) is 0 Å². The predicted molar refractivity (Wildman–Crippen MR) is 82.7 cm³/mol. The average molecular weight is 291 g/mol. The SMILES string of the molecule is Cc1cc(=O)oc2cc(OCc3ccc(C#N)cc3)ccc12. The van der Waals surface area contributed by atoms with E-state index in [1.54, 1.807) is 18.2 Å². The minimum atomic E-state index is -0.366. The fourth-order valence-corrected chi connectivity index (χ4v) is 2.24. The van der Waals surface area contributed by atoms with Crippen LogP contribution in [-0.4, -0.2) is 0 Å². The molecule has 1 heterocycles. The van der Waals surface area contributed by atoms with Gasteiger partial charge in [-0.1, -0.05) is 12.1 Å². The Balaban J connectivity index is 1.82. The monoisotopic (exact) mass is 291 g/mol. The van der Waals surface area contributed by atoms with Crippen LogP contribution < -0.4 is 10.4 Å². The minimum absolute atomic E-state index is 0.366. The summed E-state index contributed by atoms with van der Waals surface area (Å²) in [5, 5.41) is 9.66.